The number of carbonyl (C=O) groups excluding carboxylic acids is 1. The van der Waals surface area contributed by atoms with Gasteiger partial charge in [-0.15, -0.1) is 0 Å². The van der Waals surface area contributed by atoms with Crippen LogP contribution in [0.25, 0.3) is 0 Å². The molecule has 2 aliphatic rings. The molecule has 2 saturated heterocycles. The number of hydrogen-bond acceptors (Lipinski definition) is 3. The van der Waals surface area contributed by atoms with Gasteiger partial charge in [-0.2, -0.15) is 0 Å². The van der Waals surface area contributed by atoms with Gasteiger partial charge in [-0.1, -0.05) is 6.92 Å². The number of rotatable bonds is 2. The Hall–Kier alpha value is -0.420. The van der Waals surface area contributed by atoms with Crippen LogP contribution in [0.3, 0.4) is 0 Å². The lowest BCUT2D eigenvalue weighted by Crippen LogP contribution is -2.42. The molecule has 0 bridgehead atoms. The summed E-state index contributed by atoms with van der Waals surface area (Å²) in [7, 11) is -0.641. The molecule has 0 radical (unpaired) electrons. The molecule has 2 rings (SSSR count). The van der Waals surface area contributed by atoms with Crippen LogP contribution in [0.4, 0.5) is 0 Å². The lowest BCUT2D eigenvalue weighted by molar-refractivity contribution is -0.131. The lowest BCUT2D eigenvalue weighted by Gasteiger charge is -2.30. The highest BCUT2D eigenvalue weighted by Gasteiger charge is 2.35. The zero-order valence-corrected chi connectivity index (χ0v) is 9.89. The second-order valence-corrected chi connectivity index (χ2v) is 5.91. The van der Waals surface area contributed by atoms with Crippen LogP contribution in [0.5, 0.6) is 0 Å². The van der Waals surface area contributed by atoms with Crippen molar-refractivity contribution in [3.8, 4) is 0 Å². The van der Waals surface area contributed by atoms with Crippen molar-refractivity contribution >= 4 is 16.7 Å². The van der Waals surface area contributed by atoms with Gasteiger partial charge >= 0.3 is 0 Å². The third-order valence-electron chi connectivity index (χ3n) is 3.30. The lowest BCUT2D eigenvalue weighted by atomic mass is 10.1. The fourth-order valence-corrected chi connectivity index (χ4v) is 3.57. The minimum atomic E-state index is -0.641. The van der Waals surface area contributed by atoms with E-state index in [2.05, 4.69) is 5.32 Å². The Bertz CT molecular complexity index is 273. The number of amides is 1. The van der Waals surface area contributed by atoms with E-state index in [1.165, 1.54) is 0 Å². The average molecular weight is 230 g/mol. The first kappa shape index (κ1) is 11.1. The van der Waals surface area contributed by atoms with E-state index in [1.54, 1.807) is 0 Å². The molecule has 1 amide bonds. The Balaban J connectivity index is 1.94. The number of nitrogens with one attached hydrogen (secondary N) is 1. The molecule has 0 spiro atoms. The van der Waals surface area contributed by atoms with E-state index in [-0.39, 0.29) is 11.9 Å². The SMILES string of the molecule is CCC1NCN(C2CCS(=O)CC2)C1=O. The summed E-state index contributed by atoms with van der Waals surface area (Å²) in [6.45, 7) is 2.70. The highest BCUT2D eigenvalue weighted by Crippen LogP contribution is 2.19. The maximum absolute atomic E-state index is 11.9. The first-order valence-corrected chi connectivity index (χ1v) is 7.10. The smallest absolute Gasteiger partial charge is 0.241 e. The molecule has 0 aromatic rings. The number of hydrogen-bond donors (Lipinski definition) is 1. The molecule has 0 aromatic heterocycles. The van der Waals surface area contributed by atoms with Gasteiger partial charge in [0.05, 0.1) is 12.7 Å². The van der Waals surface area contributed by atoms with Crippen LogP contribution in [0.15, 0.2) is 0 Å². The van der Waals surface area contributed by atoms with E-state index in [0.717, 1.165) is 30.8 Å². The van der Waals surface area contributed by atoms with Gasteiger partial charge < -0.3 is 4.90 Å². The Labute approximate surface area is 92.9 Å². The number of nitrogens with zero attached hydrogens (tertiary/aromatic N) is 1. The molecule has 86 valence electrons. The van der Waals surface area contributed by atoms with Gasteiger partial charge in [0.15, 0.2) is 0 Å². The second-order valence-electron chi connectivity index (χ2n) is 4.21. The van der Waals surface area contributed by atoms with Crippen LogP contribution in [-0.2, 0) is 15.6 Å². The summed E-state index contributed by atoms with van der Waals surface area (Å²) < 4.78 is 11.2. The molecule has 2 fully saturated rings. The third kappa shape index (κ3) is 2.23. The van der Waals surface area contributed by atoms with Crippen LogP contribution in [0.2, 0.25) is 0 Å². The topological polar surface area (TPSA) is 49.4 Å². The summed E-state index contributed by atoms with van der Waals surface area (Å²) in [6, 6.07) is 0.330. The fraction of sp³-hybridized carbons (Fsp3) is 0.900. The van der Waals surface area contributed by atoms with Crippen LogP contribution >= 0.6 is 0 Å². The molecule has 0 aromatic carbocycles. The van der Waals surface area contributed by atoms with Gasteiger partial charge in [0, 0.05) is 28.3 Å². The molecule has 2 heterocycles. The fourth-order valence-electron chi connectivity index (χ4n) is 2.29. The molecular weight excluding hydrogens is 212 g/mol. The van der Waals surface area contributed by atoms with E-state index in [0.29, 0.717) is 12.7 Å². The van der Waals surface area contributed by atoms with E-state index in [9.17, 15) is 9.00 Å². The van der Waals surface area contributed by atoms with Gasteiger partial charge in [0.25, 0.3) is 0 Å². The third-order valence-corrected chi connectivity index (χ3v) is 4.68. The molecule has 0 aliphatic carbocycles. The maximum Gasteiger partial charge on any atom is 0.241 e. The highest BCUT2D eigenvalue weighted by molar-refractivity contribution is 7.85. The van der Waals surface area contributed by atoms with E-state index in [1.807, 2.05) is 11.8 Å². The predicted octanol–water partition coefficient (Wildman–Crippen LogP) is 0.0654. The summed E-state index contributed by atoms with van der Waals surface area (Å²) in [4.78, 5) is 13.8. The zero-order chi connectivity index (χ0) is 10.8. The van der Waals surface area contributed by atoms with Crippen LogP contribution in [-0.4, -0.2) is 45.3 Å². The molecule has 15 heavy (non-hydrogen) atoms. The Kier molecular flexibility index (Phi) is 3.41. The monoisotopic (exact) mass is 230 g/mol. The minimum absolute atomic E-state index is 0.0115. The molecular formula is C10H18N2O2S. The molecule has 5 heteroatoms. The molecule has 1 unspecified atom stereocenters. The van der Waals surface area contributed by atoms with Crippen LogP contribution in [0, 0.1) is 0 Å². The van der Waals surface area contributed by atoms with Crippen molar-refractivity contribution in [2.75, 3.05) is 18.2 Å². The van der Waals surface area contributed by atoms with Crippen molar-refractivity contribution < 1.29 is 9.00 Å². The maximum atomic E-state index is 11.9. The Morgan fingerprint density at radius 2 is 2.13 bits per heavy atom. The van der Waals surface area contributed by atoms with Crippen LogP contribution in [0.1, 0.15) is 26.2 Å². The summed E-state index contributed by atoms with van der Waals surface area (Å²) in [5.41, 5.74) is 0. The number of carbonyl (C=O) groups is 1. The Morgan fingerprint density at radius 3 is 2.67 bits per heavy atom. The standard InChI is InChI=1S/C10H18N2O2S/c1-2-9-10(13)12(7-11-9)8-3-5-15(14)6-4-8/h8-9,11H,2-7H2,1H3. The second kappa shape index (κ2) is 4.61. The van der Waals surface area contributed by atoms with E-state index < -0.39 is 10.8 Å². The van der Waals surface area contributed by atoms with Gasteiger partial charge in [0.2, 0.25) is 5.91 Å². The zero-order valence-electron chi connectivity index (χ0n) is 9.07. The quantitative estimate of drug-likeness (QED) is 0.730. The van der Waals surface area contributed by atoms with E-state index >= 15 is 0 Å². The van der Waals surface area contributed by atoms with Crippen molar-refractivity contribution in [2.45, 2.75) is 38.3 Å². The molecule has 1 atom stereocenters. The Morgan fingerprint density at radius 1 is 1.47 bits per heavy atom. The van der Waals surface area contributed by atoms with Gasteiger partial charge in [0.1, 0.15) is 0 Å². The predicted molar refractivity (Wildman–Crippen MR) is 59.8 cm³/mol. The largest absolute Gasteiger partial charge is 0.326 e. The van der Waals surface area contributed by atoms with Gasteiger partial charge in [-0.25, -0.2) is 0 Å². The van der Waals surface area contributed by atoms with Crippen LogP contribution < -0.4 is 5.32 Å². The summed E-state index contributed by atoms with van der Waals surface area (Å²) in [5.74, 6) is 1.74. The van der Waals surface area contributed by atoms with Crippen molar-refractivity contribution in [1.82, 2.24) is 10.2 Å². The normalized spacial score (nSPS) is 37.3. The van der Waals surface area contributed by atoms with Gasteiger partial charge in [-0.05, 0) is 19.3 Å². The van der Waals surface area contributed by atoms with Crippen molar-refractivity contribution in [3.05, 3.63) is 0 Å². The summed E-state index contributed by atoms with van der Waals surface area (Å²) >= 11 is 0. The van der Waals surface area contributed by atoms with Crippen molar-refractivity contribution in [3.63, 3.8) is 0 Å². The van der Waals surface area contributed by atoms with E-state index in [4.69, 9.17) is 0 Å². The molecule has 2 aliphatic heterocycles. The highest BCUT2D eigenvalue weighted by atomic mass is 32.2. The molecule has 4 nitrogen and oxygen atoms in total. The molecule has 1 N–H and O–H groups in total. The first-order chi connectivity index (χ1) is 7.22. The first-order valence-electron chi connectivity index (χ1n) is 5.61. The summed E-state index contributed by atoms with van der Waals surface area (Å²) in [6.07, 6.45) is 2.65. The van der Waals surface area contributed by atoms with Crippen molar-refractivity contribution in [1.29, 1.82) is 0 Å². The van der Waals surface area contributed by atoms with Gasteiger partial charge in [-0.3, -0.25) is 14.3 Å². The summed E-state index contributed by atoms with van der Waals surface area (Å²) in [5, 5.41) is 3.22. The minimum Gasteiger partial charge on any atom is -0.326 e. The average Bonchev–Trinajstić information content (AvgIpc) is 2.61. The van der Waals surface area contributed by atoms with Crippen molar-refractivity contribution in [2.24, 2.45) is 0 Å². The molecule has 0 saturated carbocycles.